The number of nitrogens with zero attached hydrogens (tertiary/aromatic N) is 3. The Bertz CT molecular complexity index is 770. The molecule has 4 heterocycles. The van der Waals surface area contributed by atoms with Crippen molar-refractivity contribution in [3.05, 3.63) is 24.5 Å². The number of ether oxygens (including phenoxy) is 3. The highest BCUT2D eigenvalue weighted by Gasteiger charge is 2.39. The average Bonchev–Trinajstić information content (AvgIpc) is 3.25. The van der Waals surface area contributed by atoms with Gasteiger partial charge in [-0.25, -0.2) is 4.98 Å². The van der Waals surface area contributed by atoms with Gasteiger partial charge in [-0.05, 0) is 18.2 Å². The molecule has 0 saturated carbocycles. The third-order valence-electron chi connectivity index (χ3n) is 5.52. The number of aromatic nitrogens is 2. The molecule has 2 aromatic rings. The van der Waals surface area contributed by atoms with Crippen LogP contribution in [-0.4, -0.2) is 56.3 Å². The average molecular weight is 390 g/mol. The van der Waals surface area contributed by atoms with Crippen molar-refractivity contribution >= 4 is 24.8 Å². The van der Waals surface area contributed by atoms with Gasteiger partial charge in [-0.2, -0.15) is 0 Å². The predicted molar refractivity (Wildman–Crippen MR) is 110 cm³/mol. The lowest BCUT2D eigenvalue weighted by atomic mass is 10.0. The fourth-order valence-electron chi connectivity index (χ4n) is 3.78. The van der Waals surface area contributed by atoms with Gasteiger partial charge in [0.05, 0.1) is 25.1 Å². The maximum Gasteiger partial charge on any atom is 0.171 e. The first kappa shape index (κ1) is 18.9. The third kappa shape index (κ3) is 4.37. The predicted octanol–water partition coefficient (Wildman–Crippen LogP) is 3.69. The van der Waals surface area contributed by atoms with Crippen LogP contribution in [0.15, 0.2) is 24.5 Å². The summed E-state index contributed by atoms with van der Waals surface area (Å²) in [5.41, 5.74) is 2.16. The minimum Gasteiger partial charge on any atom is -0.370 e. The molecule has 0 unspecified atom stereocenters. The molecule has 0 aliphatic carbocycles. The van der Waals surface area contributed by atoms with Crippen molar-refractivity contribution in [2.24, 2.45) is 0 Å². The van der Waals surface area contributed by atoms with Crippen molar-refractivity contribution in [3.8, 4) is 0 Å². The zero-order valence-corrected chi connectivity index (χ0v) is 17.7. The molecule has 0 bridgehead atoms. The number of pyridine rings is 1. The third-order valence-corrected chi connectivity index (χ3v) is 7.22. The molecule has 27 heavy (non-hydrogen) atoms. The number of piperidine rings is 1. The van der Waals surface area contributed by atoms with Gasteiger partial charge in [-0.3, -0.25) is 0 Å². The first-order chi connectivity index (χ1) is 12.9. The van der Waals surface area contributed by atoms with E-state index in [1.807, 2.05) is 6.20 Å². The van der Waals surface area contributed by atoms with E-state index in [2.05, 4.69) is 47.4 Å². The molecule has 2 fully saturated rings. The Morgan fingerprint density at radius 1 is 1.19 bits per heavy atom. The van der Waals surface area contributed by atoms with Gasteiger partial charge in [0, 0.05) is 52.2 Å². The van der Waals surface area contributed by atoms with Crippen LogP contribution in [0, 0.1) is 0 Å². The van der Waals surface area contributed by atoms with Gasteiger partial charge < -0.3 is 23.7 Å². The second-order valence-corrected chi connectivity index (χ2v) is 14.5. The molecule has 0 atom stereocenters. The van der Waals surface area contributed by atoms with Gasteiger partial charge in [0.15, 0.2) is 5.79 Å². The van der Waals surface area contributed by atoms with Crippen molar-refractivity contribution in [1.82, 2.24) is 9.55 Å². The smallest absolute Gasteiger partial charge is 0.171 e. The van der Waals surface area contributed by atoms with Crippen molar-refractivity contribution in [2.45, 2.75) is 51.0 Å². The molecule has 6 nitrogen and oxygen atoms in total. The molecule has 7 heteroatoms. The zero-order valence-electron chi connectivity index (χ0n) is 16.7. The number of anilines is 1. The Morgan fingerprint density at radius 3 is 2.63 bits per heavy atom. The first-order valence-corrected chi connectivity index (χ1v) is 13.7. The Labute approximate surface area is 162 Å². The Morgan fingerprint density at radius 2 is 1.93 bits per heavy atom. The maximum absolute atomic E-state index is 5.88. The summed E-state index contributed by atoms with van der Waals surface area (Å²) in [7, 11) is -1.05. The Balaban J connectivity index is 1.37. The molecule has 0 aromatic carbocycles. The van der Waals surface area contributed by atoms with E-state index in [0.717, 1.165) is 56.8 Å². The lowest BCUT2D eigenvalue weighted by Crippen LogP contribution is -2.45. The van der Waals surface area contributed by atoms with E-state index < -0.39 is 8.07 Å². The van der Waals surface area contributed by atoms with Crippen molar-refractivity contribution in [2.75, 3.05) is 37.8 Å². The van der Waals surface area contributed by atoms with E-state index in [4.69, 9.17) is 19.2 Å². The van der Waals surface area contributed by atoms with Crippen molar-refractivity contribution < 1.29 is 14.2 Å². The Kier molecular flexibility index (Phi) is 5.29. The van der Waals surface area contributed by atoms with Crippen molar-refractivity contribution in [1.29, 1.82) is 0 Å². The largest absolute Gasteiger partial charge is 0.370 e. The topological polar surface area (TPSA) is 48.8 Å². The minimum atomic E-state index is -1.05. The molecule has 148 valence electrons. The molecule has 4 rings (SSSR count). The van der Waals surface area contributed by atoms with Gasteiger partial charge in [0.2, 0.25) is 0 Å². The zero-order chi connectivity index (χ0) is 18.9. The first-order valence-electron chi connectivity index (χ1n) is 10.00. The van der Waals surface area contributed by atoms with E-state index in [1.165, 1.54) is 11.7 Å². The lowest BCUT2D eigenvalue weighted by Gasteiger charge is -2.38. The standard InChI is InChI=1S/C20H31N3O3Si/c1-27(2,3)13-12-24-16-23-7-4-17-14-18(15-21-19(17)23)22-8-5-20(6-9-22)25-10-11-26-20/h4,7,14-15H,5-6,8-13,16H2,1-3H3. The summed E-state index contributed by atoms with van der Waals surface area (Å²) in [6, 6.07) is 5.55. The van der Waals surface area contributed by atoms with Crippen LogP contribution in [-0.2, 0) is 20.9 Å². The van der Waals surface area contributed by atoms with Crippen LogP contribution in [0.4, 0.5) is 5.69 Å². The van der Waals surface area contributed by atoms with Crippen LogP contribution in [0.2, 0.25) is 25.7 Å². The second-order valence-electron chi connectivity index (χ2n) is 8.83. The molecule has 2 saturated heterocycles. The van der Waals surface area contributed by atoms with Crippen LogP contribution in [0.3, 0.4) is 0 Å². The molecular weight excluding hydrogens is 358 g/mol. The highest BCUT2D eigenvalue weighted by atomic mass is 28.3. The molecular formula is C20H31N3O3Si. The fraction of sp³-hybridized carbons (Fsp3) is 0.650. The maximum atomic E-state index is 5.88. The summed E-state index contributed by atoms with van der Waals surface area (Å²) < 4.78 is 19.6. The number of rotatable bonds is 6. The van der Waals surface area contributed by atoms with Gasteiger partial charge in [-0.15, -0.1) is 0 Å². The highest BCUT2D eigenvalue weighted by molar-refractivity contribution is 6.76. The van der Waals surface area contributed by atoms with Crippen molar-refractivity contribution in [3.63, 3.8) is 0 Å². The summed E-state index contributed by atoms with van der Waals surface area (Å²) in [6.07, 6.45) is 5.88. The quantitative estimate of drug-likeness (QED) is 0.557. The van der Waals surface area contributed by atoms with E-state index in [9.17, 15) is 0 Å². The van der Waals surface area contributed by atoms with E-state index in [-0.39, 0.29) is 5.79 Å². The van der Waals surface area contributed by atoms with Gasteiger partial charge in [0.1, 0.15) is 12.4 Å². The minimum absolute atomic E-state index is 0.329. The van der Waals surface area contributed by atoms with Crippen LogP contribution in [0.1, 0.15) is 12.8 Å². The summed E-state index contributed by atoms with van der Waals surface area (Å²) in [4.78, 5) is 7.10. The number of hydrogen-bond donors (Lipinski definition) is 0. The Hall–Kier alpha value is -1.41. The summed E-state index contributed by atoms with van der Waals surface area (Å²) >= 11 is 0. The fourth-order valence-corrected chi connectivity index (χ4v) is 4.53. The van der Waals surface area contributed by atoms with Crippen LogP contribution in [0.25, 0.3) is 11.0 Å². The summed E-state index contributed by atoms with van der Waals surface area (Å²) in [6.45, 7) is 11.8. The van der Waals surface area contributed by atoms with Crippen LogP contribution >= 0.6 is 0 Å². The van der Waals surface area contributed by atoms with Crippen LogP contribution in [0.5, 0.6) is 0 Å². The van der Waals surface area contributed by atoms with E-state index >= 15 is 0 Å². The SMILES string of the molecule is C[Si](C)(C)CCOCn1ccc2cc(N3CCC4(CC3)OCCO4)cnc21. The van der Waals surface area contributed by atoms with E-state index in [0.29, 0.717) is 6.73 Å². The molecule has 0 N–H and O–H groups in total. The van der Waals surface area contributed by atoms with Gasteiger partial charge in [0.25, 0.3) is 0 Å². The molecule has 0 radical (unpaired) electrons. The molecule has 2 aromatic heterocycles. The monoisotopic (exact) mass is 389 g/mol. The summed E-state index contributed by atoms with van der Waals surface area (Å²) in [5.74, 6) is -0.329. The van der Waals surface area contributed by atoms with E-state index in [1.54, 1.807) is 0 Å². The normalized spacial score (nSPS) is 20.0. The molecule has 0 amide bonds. The highest BCUT2D eigenvalue weighted by Crippen LogP contribution is 2.33. The number of fused-ring (bicyclic) bond motifs is 1. The lowest BCUT2D eigenvalue weighted by molar-refractivity contribution is -0.169. The van der Waals surface area contributed by atoms with Gasteiger partial charge >= 0.3 is 0 Å². The number of hydrogen-bond acceptors (Lipinski definition) is 5. The van der Waals surface area contributed by atoms with Crippen LogP contribution < -0.4 is 4.90 Å². The molecule has 2 aliphatic heterocycles. The van der Waals surface area contributed by atoms with Gasteiger partial charge in [-0.1, -0.05) is 19.6 Å². The summed E-state index contributed by atoms with van der Waals surface area (Å²) in [5, 5.41) is 1.16. The molecule has 2 aliphatic rings. The second kappa shape index (κ2) is 7.54. The molecule has 1 spiro atoms.